The average Bonchev–Trinajstić information content (AvgIpc) is 2.52. The number of rotatable bonds is 4. The minimum Gasteiger partial charge on any atom is -0.395 e. The van der Waals surface area contributed by atoms with Crippen LogP contribution in [0.2, 0.25) is 0 Å². The summed E-state index contributed by atoms with van der Waals surface area (Å²) in [6.07, 6.45) is 2.78. The fourth-order valence-corrected chi connectivity index (χ4v) is 2.70. The number of fused-ring (bicyclic) bond motifs is 3. The third-order valence-electron chi connectivity index (χ3n) is 3.69. The summed E-state index contributed by atoms with van der Waals surface area (Å²) in [5.74, 6) is 1.73. The van der Waals surface area contributed by atoms with E-state index in [0.717, 1.165) is 36.6 Å². The molecular weight excluding hydrogens is 250 g/mol. The van der Waals surface area contributed by atoms with Gasteiger partial charge in [0.2, 0.25) is 0 Å². The number of anilines is 1. The quantitative estimate of drug-likeness (QED) is 0.893. The van der Waals surface area contributed by atoms with Crippen molar-refractivity contribution in [2.75, 3.05) is 18.5 Å². The Hall–Kier alpha value is -1.94. The fraction of sp³-hybridized carbons (Fsp3) is 0.375. The molecule has 1 aliphatic carbocycles. The molecule has 3 rings (SSSR count). The van der Waals surface area contributed by atoms with Gasteiger partial charge in [-0.05, 0) is 18.4 Å². The van der Waals surface area contributed by atoms with Gasteiger partial charge < -0.3 is 10.4 Å². The van der Waals surface area contributed by atoms with E-state index in [1.54, 1.807) is 0 Å². The molecule has 0 radical (unpaired) electrons. The number of aromatic nitrogens is 2. The van der Waals surface area contributed by atoms with E-state index in [-0.39, 0.29) is 6.61 Å². The largest absolute Gasteiger partial charge is 0.395 e. The molecule has 0 unspecified atom stereocenters. The van der Waals surface area contributed by atoms with Crippen molar-refractivity contribution in [2.45, 2.75) is 26.2 Å². The second-order valence-electron chi connectivity index (χ2n) is 4.98. The summed E-state index contributed by atoms with van der Waals surface area (Å²) in [6, 6.07) is 8.45. The number of hydrogen-bond donors (Lipinski definition) is 2. The van der Waals surface area contributed by atoms with Crippen molar-refractivity contribution in [3.8, 4) is 11.3 Å². The van der Waals surface area contributed by atoms with Crippen LogP contribution in [-0.4, -0.2) is 28.2 Å². The zero-order valence-corrected chi connectivity index (χ0v) is 11.7. The molecule has 0 aliphatic heterocycles. The molecule has 0 amide bonds. The first kappa shape index (κ1) is 13.1. The number of aryl methyl sites for hydroxylation is 2. The second kappa shape index (κ2) is 5.59. The molecule has 0 saturated carbocycles. The SMILES string of the molecule is CCc1nc(NCCO)c2c(n1)-c1ccccc1CC2. The summed E-state index contributed by atoms with van der Waals surface area (Å²) in [4.78, 5) is 9.31. The van der Waals surface area contributed by atoms with Gasteiger partial charge in [-0.25, -0.2) is 9.97 Å². The van der Waals surface area contributed by atoms with Crippen molar-refractivity contribution in [1.29, 1.82) is 0 Å². The fourth-order valence-electron chi connectivity index (χ4n) is 2.70. The van der Waals surface area contributed by atoms with Crippen LogP contribution in [0.25, 0.3) is 11.3 Å². The molecule has 20 heavy (non-hydrogen) atoms. The van der Waals surface area contributed by atoms with E-state index in [1.165, 1.54) is 16.7 Å². The average molecular weight is 269 g/mol. The van der Waals surface area contributed by atoms with Gasteiger partial charge in [0.05, 0.1) is 12.3 Å². The van der Waals surface area contributed by atoms with E-state index in [0.29, 0.717) is 6.54 Å². The molecule has 0 spiro atoms. The molecule has 1 aliphatic rings. The lowest BCUT2D eigenvalue weighted by Crippen LogP contribution is -2.16. The first-order chi connectivity index (χ1) is 9.83. The zero-order valence-electron chi connectivity index (χ0n) is 11.7. The van der Waals surface area contributed by atoms with Gasteiger partial charge >= 0.3 is 0 Å². The number of nitrogens with zero attached hydrogens (tertiary/aromatic N) is 2. The van der Waals surface area contributed by atoms with Crippen molar-refractivity contribution < 1.29 is 5.11 Å². The standard InChI is InChI=1S/C16H19N3O/c1-2-14-18-15-12-6-4-3-5-11(12)7-8-13(15)16(19-14)17-9-10-20/h3-6,20H,2,7-10H2,1H3,(H,17,18,19). The third kappa shape index (κ3) is 2.27. The maximum atomic E-state index is 9.01. The lowest BCUT2D eigenvalue weighted by atomic mass is 9.89. The highest BCUT2D eigenvalue weighted by Gasteiger charge is 2.21. The normalized spacial score (nSPS) is 12.7. The Morgan fingerprint density at radius 2 is 2.05 bits per heavy atom. The van der Waals surface area contributed by atoms with Crippen molar-refractivity contribution in [3.63, 3.8) is 0 Å². The van der Waals surface area contributed by atoms with Gasteiger partial charge in [-0.1, -0.05) is 31.2 Å². The number of nitrogens with one attached hydrogen (secondary N) is 1. The molecule has 0 saturated heterocycles. The van der Waals surface area contributed by atoms with Crippen molar-refractivity contribution in [1.82, 2.24) is 9.97 Å². The molecule has 0 fully saturated rings. The topological polar surface area (TPSA) is 58.0 Å². The Kier molecular flexibility index (Phi) is 3.65. The van der Waals surface area contributed by atoms with Crippen LogP contribution in [0.4, 0.5) is 5.82 Å². The van der Waals surface area contributed by atoms with Crippen molar-refractivity contribution >= 4 is 5.82 Å². The maximum absolute atomic E-state index is 9.01. The summed E-state index contributed by atoms with van der Waals surface area (Å²) in [5.41, 5.74) is 4.81. The Morgan fingerprint density at radius 3 is 2.85 bits per heavy atom. The summed E-state index contributed by atoms with van der Waals surface area (Å²) in [6.45, 7) is 2.69. The van der Waals surface area contributed by atoms with Gasteiger partial charge in [0.1, 0.15) is 11.6 Å². The Bertz CT molecular complexity index is 625. The lowest BCUT2D eigenvalue weighted by Gasteiger charge is -2.22. The van der Waals surface area contributed by atoms with Crippen LogP contribution in [0.15, 0.2) is 24.3 Å². The van der Waals surface area contributed by atoms with E-state index in [1.807, 2.05) is 0 Å². The molecule has 1 aromatic carbocycles. The van der Waals surface area contributed by atoms with Crippen LogP contribution in [0.1, 0.15) is 23.9 Å². The molecule has 2 N–H and O–H groups in total. The maximum Gasteiger partial charge on any atom is 0.133 e. The smallest absolute Gasteiger partial charge is 0.133 e. The highest BCUT2D eigenvalue weighted by molar-refractivity contribution is 5.73. The summed E-state index contributed by atoms with van der Waals surface area (Å²) >= 11 is 0. The molecule has 0 atom stereocenters. The van der Waals surface area contributed by atoms with Gasteiger partial charge in [-0.2, -0.15) is 0 Å². The molecule has 0 bridgehead atoms. The van der Waals surface area contributed by atoms with Crippen LogP contribution >= 0.6 is 0 Å². The van der Waals surface area contributed by atoms with Crippen molar-refractivity contribution in [3.05, 3.63) is 41.2 Å². The molecule has 1 aromatic heterocycles. The van der Waals surface area contributed by atoms with Crippen molar-refractivity contribution in [2.24, 2.45) is 0 Å². The molecule has 104 valence electrons. The van der Waals surface area contributed by atoms with Gasteiger partial charge in [0, 0.05) is 24.1 Å². The first-order valence-electron chi connectivity index (χ1n) is 7.16. The molecular formula is C16H19N3O. The second-order valence-corrected chi connectivity index (χ2v) is 4.98. The summed E-state index contributed by atoms with van der Waals surface area (Å²) in [5, 5.41) is 12.2. The third-order valence-corrected chi connectivity index (χ3v) is 3.69. The number of hydrogen-bond acceptors (Lipinski definition) is 4. The highest BCUT2D eigenvalue weighted by Crippen LogP contribution is 2.35. The first-order valence-corrected chi connectivity index (χ1v) is 7.16. The zero-order chi connectivity index (χ0) is 13.9. The number of benzene rings is 1. The predicted molar refractivity (Wildman–Crippen MR) is 79.8 cm³/mol. The van der Waals surface area contributed by atoms with Gasteiger partial charge in [-0.3, -0.25) is 0 Å². The summed E-state index contributed by atoms with van der Waals surface area (Å²) in [7, 11) is 0. The highest BCUT2D eigenvalue weighted by atomic mass is 16.3. The van der Waals surface area contributed by atoms with Gasteiger partial charge in [0.25, 0.3) is 0 Å². The minimum absolute atomic E-state index is 0.108. The minimum atomic E-state index is 0.108. The van der Waals surface area contributed by atoms with E-state index in [4.69, 9.17) is 10.1 Å². The van der Waals surface area contributed by atoms with Gasteiger partial charge in [-0.15, -0.1) is 0 Å². The number of aliphatic hydroxyl groups is 1. The Morgan fingerprint density at radius 1 is 1.20 bits per heavy atom. The molecule has 4 heteroatoms. The van der Waals surface area contributed by atoms with E-state index >= 15 is 0 Å². The Balaban J connectivity index is 2.13. The van der Waals surface area contributed by atoms with Crippen LogP contribution in [-0.2, 0) is 19.3 Å². The summed E-state index contributed by atoms with van der Waals surface area (Å²) < 4.78 is 0. The predicted octanol–water partition coefficient (Wildman–Crippen LogP) is 2.21. The van der Waals surface area contributed by atoms with Crippen LogP contribution in [0.5, 0.6) is 0 Å². The molecule has 2 aromatic rings. The van der Waals surface area contributed by atoms with Crippen LogP contribution in [0, 0.1) is 0 Å². The van der Waals surface area contributed by atoms with Gasteiger partial charge in [0.15, 0.2) is 0 Å². The van der Waals surface area contributed by atoms with E-state index < -0.39 is 0 Å². The number of aliphatic hydroxyl groups excluding tert-OH is 1. The van der Waals surface area contributed by atoms with E-state index in [2.05, 4.69) is 41.5 Å². The molecule has 4 nitrogen and oxygen atoms in total. The monoisotopic (exact) mass is 269 g/mol. The van der Waals surface area contributed by atoms with Crippen LogP contribution < -0.4 is 5.32 Å². The molecule has 1 heterocycles. The Labute approximate surface area is 118 Å². The lowest BCUT2D eigenvalue weighted by molar-refractivity contribution is 0.311. The van der Waals surface area contributed by atoms with E-state index in [9.17, 15) is 0 Å². The van der Waals surface area contributed by atoms with Crippen LogP contribution in [0.3, 0.4) is 0 Å².